The number of amides is 1. The van der Waals surface area contributed by atoms with Crippen LogP contribution in [0.5, 0.6) is 0 Å². The predicted octanol–water partition coefficient (Wildman–Crippen LogP) is 1.77. The van der Waals surface area contributed by atoms with Gasteiger partial charge >= 0.3 is 0 Å². The first-order valence-corrected chi connectivity index (χ1v) is 7.99. The lowest BCUT2D eigenvalue weighted by atomic mass is 9.81. The SMILES string of the molecule is CC1(CNC(=O)CCc2nc(-c3ccco3)no2)CCNCC1. The van der Waals surface area contributed by atoms with Gasteiger partial charge in [-0.2, -0.15) is 4.98 Å². The van der Waals surface area contributed by atoms with Crippen LogP contribution in [0.25, 0.3) is 11.6 Å². The Balaban J connectivity index is 1.44. The fraction of sp³-hybridized carbons (Fsp3) is 0.562. The van der Waals surface area contributed by atoms with Gasteiger partial charge in [-0.25, -0.2) is 0 Å². The van der Waals surface area contributed by atoms with E-state index in [-0.39, 0.29) is 11.3 Å². The molecule has 2 aromatic heterocycles. The first-order valence-electron chi connectivity index (χ1n) is 7.99. The molecule has 1 amide bonds. The molecular weight excluding hydrogens is 296 g/mol. The first kappa shape index (κ1) is 15.7. The molecule has 0 aliphatic carbocycles. The standard InChI is InChI=1S/C16H22N4O3/c1-16(6-8-17-9-7-16)11-18-13(21)4-5-14-19-15(20-23-14)12-3-2-10-22-12/h2-3,10,17H,4-9,11H2,1H3,(H,18,21). The van der Waals surface area contributed by atoms with E-state index in [1.165, 1.54) is 0 Å². The molecule has 1 saturated heterocycles. The van der Waals surface area contributed by atoms with Crippen LogP contribution < -0.4 is 10.6 Å². The Morgan fingerprint density at radius 1 is 1.43 bits per heavy atom. The molecule has 0 unspecified atom stereocenters. The zero-order valence-corrected chi connectivity index (χ0v) is 13.3. The molecule has 0 atom stereocenters. The van der Waals surface area contributed by atoms with E-state index in [0.29, 0.717) is 30.3 Å². The number of nitrogens with one attached hydrogen (secondary N) is 2. The Morgan fingerprint density at radius 3 is 3.00 bits per heavy atom. The summed E-state index contributed by atoms with van der Waals surface area (Å²) < 4.78 is 10.3. The summed E-state index contributed by atoms with van der Waals surface area (Å²) in [6.07, 6.45) is 4.50. The van der Waals surface area contributed by atoms with Crippen molar-refractivity contribution in [2.75, 3.05) is 19.6 Å². The Morgan fingerprint density at radius 2 is 2.26 bits per heavy atom. The third kappa shape index (κ3) is 4.19. The molecule has 0 bridgehead atoms. The molecular formula is C16H22N4O3. The number of carbonyl (C=O) groups is 1. The molecule has 3 heterocycles. The van der Waals surface area contributed by atoms with Gasteiger partial charge in [0.2, 0.25) is 17.6 Å². The Bertz CT molecular complexity index is 630. The number of nitrogens with zero attached hydrogens (tertiary/aromatic N) is 2. The van der Waals surface area contributed by atoms with Gasteiger partial charge in [-0.15, -0.1) is 0 Å². The molecule has 124 valence electrons. The summed E-state index contributed by atoms with van der Waals surface area (Å²) in [7, 11) is 0. The summed E-state index contributed by atoms with van der Waals surface area (Å²) in [5.41, 5.74) is 0.192. The van der Waals surface area contributed by atoms with E-state index in [1.807, 2.05) is 0 Å². The minimum atomic E-state index is 0.0162. The van der Waals surface area contributed by atoms with Gasteiger partial charge in [0.25, 0.3) is 0 Å². The van der Waals surface area contributed by atoms with Crippen molar-refractivity contribution in [2.24, 2.45) is 5.41 Å². The van der Waals surface area contributed by atoms with Crippen molar-refractivity contribution in [1.82, 2.24) is 20.8 Å². The summed E-state index contributed by atoms with van der Waals surface area (Å²) in [5.74, 6) is 1.43. The predicted molar refractivity (Wildman–Crippen MR) is 83.5 cm³/mol. The number of hydrogen-bond donors (Lipinski definition) is 2. The zero-order chi connectivity index (χ0) is 16.1. The third-order valence-corrected chi connectivity index (χ3v) is 4.30. The minimum Gasteiger partial charge on any atom is -0.461 e. The monoisotopic (exact) mass is 318 g/mol. The number of furan rings is 1. The van der Waals surface area contributed by atoms with Crippen molar-refractivity contribution in [3.05, 3.63) is 24.3 Å². The van der Waals surface area contributed by atoms with Crippen molar-refractivity contribution >= 4 is 5.91 Å². The van der Waals surface area contributed by atoms with Crippen LogP contribution in [0, 0.1) is 5.41 Å². The molecule has 0 saturated carbocycles. The quantitative estimate of drug-likeness (QED) is 0.843. The van der Waals surface area contributed by atoms with E-state index >= 15 is 0 Å². The van der Waals surface area contributed by atoms with Crippen molar-refractivity contribution in [1.29, 1.82) is 0 Å². The maximum Gasteiger partial charge on any atom is 0.238 e. The number of piperidine rings is 1. The van der Waals surface area contributed by atoms with Gasteiger partial charge in [-0.05, 0) is 43.5 Å². The van der Waals surface area contributed by atoms with Crippen molar-refractivity contribution < 1.29 is 13.7 Å². The average molecular weight is 318 g/mol. The van der Waals surface area contributed by atoms with E-state index in [4.69, 9.17) is 8.94 Å². The van der Waals surface area contributed by atoms with Gasteiger partial charge in [0.05, 0.1) is 6.26 Å². The number of aryl methyl sites for hydroxylation is 1. The number of aromatic nitrogens is 2. The number of carbonyl (C=O) groups excluding carboxylic acids is 1. The van der Waals surface area contributed by atoms with Gasteiger partial charge in [-0.1, -0.05) is 12.1 Å². The van der Waals surface area contributed by atoms with Crippen molar-refractivity contribution in [2.45, 2.75) is 32.6 Å². The highest BCUT2D eigenvalue weighted by Crippen LogP contribution is 2.26. The van der Waals surface area contributed by atoms with Gasteiger partial charge < -0.3 is 19.6 Å². The Hall–Kier alpha value is -2.15. The fourth-order valence-corrected chi connectivity index (χ4v) is 2.69. The second-order valence-corrected chi connectivity index (χ2v) is 6.33. The van der Waals surface area contributed by atoms with Crippen LogP contribution in [0.1, 0.15) is 32.1 Å². The van der Waals surface area contributed by atoms with Crippen LogP contribution in [0.2, 0.25) is 0 Å². The molecule has 3 rings (SSSR count). The summed E-state index contributed by atoms with van der Waals surface area (Å²) >= 11 is 0. The van der Waals surface area contributed by atoms with Gasteiger partial charge in [0.1, 0.15) is 0 Å². The lowest BCUT2D eigenvalue weighted by molar-refractivity contribution is -0.121. The van der Waals surface area contributed by atoms with Crippen LogP contribution in [0.4, 0.5) is 0 Å². The lowest BCUT2D eigenvalue weighted by Crippen LogP contribution is -2.42. The first-order chi connectivity index (χ1) is 11.1. The molecule has 2 aromatic rings. The van der Waals surface area contributed by atoms with Crippen molar-refractivity contribution in [3.63, 3.8) is 0 Å². The van der Waals surface area contributed by atoms with Gasteiger partial charge in [0.15, 0.2) is 5.76 Å². The van der Waals surface area contributed by atoms with E-state index < -0.39 is 0 Å². The Kier molecular flexibility index (Phi) is 4.76. The molecule has 1 aliphatic heterocycles. The van der Waals surface area contributed by atoms with Crippen LogP contribution in [0.15, 0.2) is 27.3 Å². The van der Waals surface area contributed by atoms with E-state index in [0.717, 1.165) is 32.5 Å². The van der Waals surface area contributed by atoms with Crippen molar-refractivity contribution in [3.8, 4) is 11.6 Å². The summed E-state index contributed by atoms with van der Waals surface area (Å²) in [6.45, 7) is 4.98. The molecule has 7 heteroatoms. The van der Waals surface area contributed by atoms with Gasteiger partial charge in [0, 0.05) is 19.4 Å². The second-order valence-electron chi connectivity index (χ2n) is 6.33. The Labute approximate surface area is 134 Å². The van der Waals surface area contributed by atoms with Gasteiger partial charge in [-0.3, -0.25) is 4.79 Å². The molecule has 0 aromatic carbocycles. The molecule has 0 spiro atoms. The molecule has 1 fully saturated rings. The third-order valence-electron chi connectivity index (χ3n) is 4.30. The highest BCUT2D eigenvalue weighted by Gasteiger charge is 2.27. The molecule has 0 radical (unpaired) electrons. The topological polar surface area (TPSA) is 93.2 Å². The van der Waals surface area contributed by atoms with E-state index in [1.54, 1.807) is 18.4 Å². The maximum atomic E-state index is 12.0. The van der Waals surface area contributed by atoms with E-state index in [2.05, 4.69) is 27.7 Å². The minimum absolute atomic E-state index is 0.0162. The smallest absolute Gasteiger partial charge is 0.238 e. The highest BCUT2D eigenvalue weighted by molar-refractivity contribution is 5.76. The van der Waals surface area contributed by atoms with Crippen LogP contribution in [0.3, 0.4) is 0 Å². The molecule has 1 aliphatic rings. The number of rotatable bonds is 6. The molecule has 7 nitrogen and oxygen atoms in total. The largest absolute Gasteiger partial charge is 0.461 e. The van der Waals surface area contributed by atoms with Crippen LogP contribution >= 0.6 is 0 Å². The van der Waals surface area contributed by atoms with Crippen LogP contribution in [-0.2, 0) is 11.2 Å². The summed E-state index contributed by atoms with van der Waals surface area (Å²) in [4.78, 5) is 16.2. The summed E-state index contributed by atoms with van der Waals surface area (Å²) in [5, 5.41) is 10.2. The zero-order valence-electron chi connectivity index (χ0n) is 13.3. The van der Waals surface area contributed by atoms with Crippen LogP contribution in [-0.4, -0.2) is 35.7 Å². The summed E-state index contributed by atoms with van der Waals surface area (Å²) in [6, 6.07) is 3.53. The average Bonchev–Trinajstić information content (AvgIpc) is 3.23. The normalized spacial score (nSPS) is 17.1. The number of hydrogen-bond acceptors (Lipinski definition) is 6. The van der Waals surface area contributed by atoms with E-state index in [9.17, 15) is 4.79 Å². The molecule has 23 heavy (non-hydrogen) atoms. The highest BCUT2D eigenvalue weighted by atomic mass is 16.5. The fourth-order valence-electron chi connectivity index (χ4n) is 2.69. The maximum absolute atomic E-state index is 12.0. The lowest BCUT2D eigenvalue weighted by Gasteiger charge is -2.34. The second kappa shape index (κ2) is 6.95. The molecule has 2 N–H and O–H groups in total.